The van der Waals surface area contributed by atoms with Crippen molar-refractivity contribution >= 4 is 22.3 Å². The largest absolute Gasteiger partial charge is 0.573 e. The van der Waals surface area contributed by atoms with Gasteiger partial charge in [0, 0.05) is 34.6 Å². The van der Waals surface area contributed by atoms with E-state index in [9.17, 15) is 13.2 Å². The van der Waals surface area contributed by atoms with Gasteiger partial charge in [0.1, 0.15) is 11.5 Å². The fourth-order valence-corrected chi connectivity index (χ4v) is 2.97. The lowest BCUT2D eigenvalue weighted by Crippen LogP contribution is -2.17. The van der Waals surface area contributed by atoms with Crippen LogP contribution in [-0.4, -0.2) is 18.5 Å². The number of aromatic nitrogens is 1. The molecule has 8 heteroatoms. The van der Waals surface area contributed by atoms with E-state index >= 15 is 0 Å². The van der Waals surface area contributed by atoms with Crippen molar-refractivity contribution in [3.63, 3.8) is 0 Å². The SMILES string of the molecule is COc1cc(Nc2ccnc3ccc(OC(F)(F)F)cc23)cc(-c2ccoc2)c1. The summed E-state index contributed by atoms with van der Waals surface area (Å²) in [6, 6.07) is 13.0. The summed E-state index contributed by atoms with van der Waals surface area (Å²) in [5, 5.41) is 3.71. The molecule has 0 radical (unpaired) electrons. The molecule has 0 unspecified atom stereocenters. The summed E-state index contributed by atoms with van der Waals surface area (Å²) in [6.45, 7) is 0. The van der Waals surface area contributed by atoms with Gasteiger partial charge in [-0.15, -0.1) is 13.2 Å². The number of rotatable bonds is 5. The Balaban J connectivity index is 1.74. The number of alkyl halides is 3. The van der Waals surface area contributed by atoms with Gasteiger partial charge in [0.05, 0.1) is 25.2 Å². The Morgan fingerprint density at radius 2 is 1.83 bits per heavy atom. The number of hydrogen-bond donors (Lipinski definition) is 1. The fourth-order valence-electron chi connectivity index (χ4n) is 2.97. The second-order valence-electron chi connectivity index (χ2n) is 6.17. The zero-order valence-electron chi connectivity index (χ0n) is 15.2. The second-order valence-corrected chi connectivity index (χ2v) is 6.17. The Labute approximate surface area is 163 Å². The standard InChI is InChI=1S/C21H15F3N2O3/c1-27-17-9-14(13-5-7-28-12-13)8-15(10-17)26-20-4-6-25-19-3-2-16(11-18(19)20)29-21(22,23)24/h2-12H,1H3,(H,25,26). The van der Waals surface area contributed by atoms with E-state index in [2.05, 4.69) is 15.0 Å². The molecule has 4 rings (SSSR count). The molecule has 0 amide bonds. The molecule has 148 valence electrons. The van der Waals surface area contributed by atoms with Crippen molar-refractivity contribution in [2.45, 2.75) is 6.36 Å². The predicted molar refractivity (Wildman–Crippen MR) is 102 cm³/mol. The first-order valence-corrected chi connectivity index (χ1v) is 8.54. The maximum Gasteiger partial charge on any atom is 0.573 e. The molecule has 4 aromatic rings. The van der Waals surface area contributed by atoms with Gasteiger partial charge in [0.25, 0.3) is 0 Å². The number of benzene rings is 2. The smallest absolute Gasteiger partial charge is 0.497 e. The number of methoxy groups -OCH3 is 1. The summed E-state index contributed by atoms with van der Waals surface area (Å²) in [4.78, 5) is 4.20. The minimum absolute atomic E-state index is 0.314. The summed E-state index contributed by atoms with van der Waals surface area (Å²) >= 11 is 0. The Bertz CT molecular complexity index is 1140. The molecule has 29 heavy (non-hydrogen) atoms. The number of nitrogens with zero attached hydrogens (tertiary/aromatic N) is 1. The zero-order valence-corrected chi connectivity index (χ0v) is 15.2. The van der Waals surface area contributed by atoms with Crippen LogP contribution >= 0.6 is 0 Å². The van der Waals surface area contributed by atoms with Crippen LogP contribution in [0.25, 0.3) is 22.0 Å². The molecule has 5 nitrogen and oxygen atoms in total. The van der Waals surface area contributed by atoms with E-state index in [1.54, 1.807) is 38.0 Å². The molecule has 0 aliphatic carbocycles. The van der Waals surface area contributed by atoms with E-state index in [-0.39, 0.29) is 5.75 Å². The zero-order chi connectivity index (χ0) is 20.4. The number of halogens is 3. The normalized spacial score (nSPS) is 11.4. The van der Waals surface area contributed by atoms with E-state index in [4.69, 9.17) is 9.15 Å². The highest BCUT2D eigenvalue weighted by Crippen LogP contribution is 2.34. The molecular formula is C21H15F3N2O3. The minimum Gasteiger partial charge on any atom is -0.497 e. The molecule has 0 bridgehead atoms. The van der Waals surface area contributed by atoms with Crippen molar-refractivity contribution in [2.75, 3.05) is 12.4 Å². The second kappa shape index (κ2) is 7.38. The fraction of sp³-hybridized carbons (Fsp3) is 0.0952. The van der Waals surface area contributed by atoms with E-state index in [0.29, 0.717) is 28.0 Å². The van der Waals surface area contributed by atoms with Crippen LogP contribution in [0, 0.1) is 0 Å². The molecule has 0 saturated carbocycles. The molecule has 2 heterocycles. The lowest BCUT2D eigenvalue weighted by molar-refractivity contribution is -0.274. The van der Waals surface area contributed by atoms with Gasteiger partial charge in [-0.05, 0) is 48.0 Å². The van der Waals surface area contributed by atoms with Crippen LogP contribution in [0.4, 0.5) is 24.5 Å². The monoisotopic (exact) mass is 400 g/mol. The average Bonchev–Trinajstić information content (AvgIpc) is 3.22. The first-order valence-electron chi connectivity index (χ1n) is 8.54. The Morgan fingerprint density at radius 1 is 0.966 bits per heavy atom. The third kappa shape index (κ3) is 4.26. The maximum absolute atomic E-state index is 12.6. The van der Waals surface area contributed by atoms with Crippen LogP contribution < -0.4 is 14.8 Å². The first-order chi connectivity index (χ1) is 13.9. The van der Waals surface area contributed by atoms with Crippen molar-refractivity contribution < 1.29 is 27.1 Å². The Kier molecular flexibility index (Phi) is 4.75. The predicted octanol–water partition coefficient (Wildman–Crippen LogP) is 6.15. The number of nitrogens with one attached hydrogen (secondary N) is 1. The van der Waals surface area contributed by atoms with E-state index in [0.717, 1.165) is 11.1 Å². The lowest BCUT2D eigenvalue weighted by atomic mass is 10.1. The van der Waals surface area contributed by atoms with Crippen molar-refractivity contribution in [2.24, 2.45) is 0 Å². The third-order valence-corrected chi connectivity index (χ3v) is 4.22. The summed E-state index contributed by atoms with van der Waals surface area (Å²) < 4.78 is 52.3. The first kappa shape index (κ1) is 18.7. The molecule has 0 saturated heterocycles. The van der Waals surface area contributed by atoms with Gasteiger partial charge in [-0.2, -0.15) is 0 Å². The van der Waals surface area contributed by atoms with Crippen molar-refractivity contribution in [1.82, 2.24) is 4.98 Å². The topological polar surface area (TPSA) is 56.5 Å². The number of anilines is 2. The molecule has 0 fully saturated rings. The van der Waals surface area contributed by atoms with Crippen LogP contribution in [0.15, 0.2) is 71.7 Å². The van der Waals surface area contributed by atoms with Gasteiger partial charge in [-0.1, -0.05) is 0 Å². The van der Waals surface area contributed by atoms with Crippen molar-refractivity contribution in [3.8, 4) is 22.6 Å². The van der Waals surface area contributed by atoms with Gasteiger partial charge in [-0.25, -0.2) is 0 Å². The highest BCUT2D eigenvalue weighted by Gasteiger charge is 2.31. The van der Waals surface area contributed by atoms with Crippen LogP contribution in [-0.2, 0) is 0 Å². The van der Waals surface area contributed by atoms with Crippen LogP contribution in [0.3, 0.4) is 0 Å². The molecule has 0 aliphatic heterocycles. The molecule has 2 aromatic carbocycles. The Morgan fingerprint density at radius 3 is 2.55 bits per heavy atom. The number of hydrogen-bond acceptors (Lipinski definition) is 5. The van der Waals surface area contributed by atoms with Gasteiger partial charge in [0.15, 0.2) is 0 Å². The van der Waals surface area contributed by atoms with Crippen LogP contribution in [0.1, 0.15) is 0 Å². The van der Waals surface area contributed by atoms with Gasteiger partial charge in [-0.3, -0.25) is 4.98 Å². The molecule has 1 N–H and O–H groups in total. The summed E-state index contributed by atoms with van der Waals surface area (Å²) in [6.07, 6.45) is -0.0104. The molecule has 0 atom stereocenters. The molecular weight excluding hydrogens is 385 g/mol. The number of pyridine rings is 1. The molecule has 0 spiro atoms. The van der Waals surface area contributed by atoms with Crippen LogP contribution in [0.2, 0.25) is 0 Å². The van der Waals surface area contributed by atoms with Crippen molar-refractivity contribution in [1.29, 1.82) is 0 Å². The number of ether oxygens (including phenoxy) is 2. The Hall–Kier alpha value is -3.68. The van der Waals surface area contributed by atoms with E-state index in [1.807, 2.05) is 18.2 Å². The van der Waals surface area contributed by atoms with Crippen LogP contribution in [0.5, 0.6) is 11.5 Å². The average molecular weight is 400 g/mol. The highest BCUT2D eigenvalue weighted by atomic mass is 19.4. The van der Waals surface area contributed by atoms with Gasteiger partial charge in [0.2, 0.25) is 0 Å². The maximum atomic E-state index is 12.6. The summed E-state index contributed by atoms with van der Waals surface area (Å²) in [7, 11) is 1.56. The molecule has 2 aromatic heterocycles. The lowest BCUT2D eigenvalue weighted by Gasteiger charge is -2.14. The van der Waals surface area contributed by atoms with Crippen molar-refractivity contribution in [3.05, 3.63) is 67.3 Å². The van der Waals surface area contributed by atoms with E-state index in [1.165, 1.54) is 18.2 Å². The van der Waals surface area contributed by atoms with Gasteiger partial charge >= 0.3 is 6.36 Å². The van der Waals surface area contributed by atoms with Gasteiger partial charge < -0.3 is 19.2 Å². The third-order valence-electron chi connectivity index (χ3n) is 4.22. The summed E-state index contributed by atoms with van der Waals surface area (Å²) in [5.74, 6) is 0.302. The highest BCUT2D eigenvalue weighted by molar-refractivity contribution is 5.94. The summed E-state index contributed by atoms with van der Waals surface area (Å²) in [5.41, 5.74) is 3.53. The van der Waals surface area contributed by atoms with E-state index < -0.39 is 6.36 Å². The molecule has 0 aliphatic rings. The number of fused-ring (bicyclic) bond motifs is 1. The number of furan rings is 1. The quantitative estimate of drug-likeness (QED) is 0.436. The minimum atomic E-state index is -4.77.